The third-order valence-electron chi connectivity index (χ3n) is 2.27. The van der Waals surface area contributed by atoms with E-state index in [2.05, 4.69) is 26.1 Å². The Kier molecular flexibility index (Phi) is 3.93. The van der Waals surface area contributed by atoms with Gasteiger partial charge in [-0.3, -0.25) is 5.32 Å². The van der Waals surface area contributed by atoms with E-state index in [1.165, 1.54) is 5.56 Å². The number of amides is 1. The molecule has 16 heavy (non-hydrogen) atoms. The Hall–Kier alpha value is -1.51. The highest BCUT2D eigenvalue weighted by Crippen LogP contribution is 2.23. The fraction of sp³-hybridized carbons (Fsp3) is 0.462. The van der Waals surface area contributed by atoms with Gasteiger partial charge in [-0.05, 0) is 30.0 Å². The summed E-state index contributed by atoms with van der Waals surface area (Å²) in [6, 6.07) is 7.80. The second-order valence-corrected chi connectivity index (χ2v) is 4.67. The van der Waals surface area contributed by atoms with Crippen molar-refractivity contribution in [2.24, 2.45) is 0 Å². The molecule has 0 unspecified atom stereocenters. The van der Waals surface area contributed by atoms with Crippen molar-refractivity contribution in [1.29, 1.82) is 0 Å². The van der Waals surface area contributed by atoms with Crippen LogP contribution in [-0.2, 0) is 10.2 Å². The molecule has 0 saturated heterocycles. The summed E-state index contributed by atoms with van der Waals surface area (Å²) in [6.45, 7) is 8.62. The molecule has 0 aliphatic carbocycles. The fourth-order valence-electron chi connectivity index (χ4n) is 1.34. The van der Waals surface area contributed by atoms with Crippen LogP contribution in [0.15, 0.2) is 24.3 Å². The van der Waals surface area contributed by atoms with Crippen LogP contribution >= 0.6 is 0 Å². The second-order valence-electron chi connectivity index (χ2n) is 4.67. The molecule has 0 saturated carbocycles. The highest BCUT2D eigenvalue weighted by molar-refractivity contribution is 5.84. The van der Waals surface area contributed by atoms with Crippen LogP contribution < -0.4 is 5.32 Å². The van der Waals surface area contributed by atoms with Crippen LogP contribution in [0.5, 0.6) is 0 Å². The average molecular weight is 221 g/mol. The zero-order valence-corrected chi connectivity index (χ0v) is 10.3. The molecule has 0 heterocycles. The van der Waals surface area contributed by atoms with Crippen molar-refractivity contribution in [3.63, 3.8) is 0 Å². The lowest BCUT2D eigenvalue weighted by Crippen LogP contribution is -2.14. The quantitative estimate of drug-likeness (QED) is 0.829. The minimum Gasteiger partial charge on any atom is -0.450 e. The first-order chi connectivity index (χ1) is 7.43. The topological polar surface area (TPSA) is 38.3 Å². The van der Waals surface area contributed by atoms with Crippen LogP contribution in [0.2, 0.25) is 0 Å². The van der Waals surface area contributed by atoms with Gasteiger partial charge in [-0.2, -0.15) is 0 Å². The second kappa shape index (κ2) is 5.01. The van der Waals surface area contributed by atoms with Crippen molar-refractivity contribution >= 4 is 11.8 Å². The summed E-state index contributed by atoms with van der Waals surface area (Å²) in [4.78, 5) is 11.2. The van der Waals surface area contributed by atoms with E-state index in [1.54, 1.807) is 6.92 Å². The van der Waals surface area contributed by atoms with E-state index in [-0.39, 0.29) is 5.41 Å². The molecule has 1 aromatic carbocycles. The zero-order chi connectivity index (χ0) is 12.2. The number of carbonyl (C=O) groups is 1. The lowest BCUT2D eigenvalue weighted by molar-refractivity contribution is 0.168. The van der Waals surface area contributed by atoms with Crippen LogP contribution in [0.25, 0.3) is 0 Å². The smallest absolute Gasteiger partial charge is 0.411 e. The maximum absolute atomic E-state index is 11.2. The van der Waals surface area contributed by atoms with Crippen molar-refractivity contribution in [3.05, 3.63) is 29.8 Å². The van der Waals surface area contributed by atoms with Crippen LogP contribution in [0.1, 0.15) is 33.3 Å². The molecule has 1 N–H and O–H groups in total. The number of hydrogen-bond acceptors (Lipinski definition) is 2. The predicted molar refractivity (Wildman–Crippen MR) is 65.8 cm³/mol. The molecule has 0 aliphatic heterocycles. The SMILES string of the molecule is CCOC(=O)Nc1ccc(C(C)(C)C)cc1. The number of ether oxygens (including phenoxy) is 1. The van der Waals surface area contributed by atoms with E-state index in [9.17, 15) is 4.79 Å². The molecule has 0 fully saturated rings. The predicted octanol–water partition coefficient (Wildman–Crippen LogP) is 3.55. The maximum atomic E-state index is 11.2. The minimum atomic E-state index is -0.411. The summed E-state index contributed by atoms with van der Waals surface area (Å²) in [5.74, 6) is 0. The maximum Gasteiger partial charge on any atom is 0.411 e. The fourth-order valence-corrected chi connectivity index (χ4v) is 1.34. The molecule has 1 rings (SSSR count). The van der Waals surface area contributed by atoms with E-state index in [0.29, 0.717) is 6.61 Å². The van der Waals surface area contributed by atoms with Gasteiger partial charge in [0.1, 0.15) is 0 Å². The van der Waals surface area contributed by atoms with E-state index in [1.807, 2.05) is 24.3 Å². The molecule has 0 atom stereocenters. The number of carbonyl (C=O) groups excluding carboxylic acids is 1. The lowest BCUT2D eigenvalue weighted by Gasteiger charge is -2.19. The first-order valence-corrected chi connectivity index (χ1v) is 5.48. The number of rotatable bonds is 2. The molecule has 3 heteroatoms. The number of anilines is 1. The van der Waals surface area contributed by atoms with E-state index >= 15 is 0 Å². The first-order valence-electron chi connectivity index (χ1n) is 5.48. The molecular weight excluding hydrogens is 202 g/mol. The van der Waals surface area contributed by atoms with Gasteiger partial charge in [0, 0.05) is 5.69 Å². The van der Waals surface area contributed by atoms with Crippen LogP contribution in [0.4, 0.5) is 10.5 Å². The van der Waals surface area contributed by atoms with Gasteiger partial charge in [-0.1, -0.05) is 32.9 Å². The average Bonchev–Trinajstić information content (AvgIpc) is 2.17. The third kappa shape index (κ3) is 3.57. The highest BCUT2D eigenvalue weighted by Gasteiger charge is 2.13. The van der Waals surface area contributed by atoms with E-state index in [4.69, 9.17) is 4.74 Å². The minimum absolute atomic E-state index is 0.127. The molecule has 88 valence electrons. The summed E-state index contributed by atoms with van der Waals surface area (Å²) in [5.41, 5.74) is 2.12. The monoisotopic (exact) mass is 221 g/mol. The van der Waals surface area contributed by atoms with E-state index in [0.717, 1.165) is 5.69 Å². The number of nitrogens with one attached hydrogen (secondary N) is 1. The van der Waals surface area contributed by atoms with Gasteiger partial charge in [0.25, 0.3) is 0 Å². The molecule has 3 nitrogen and oxygen atoms in total. The molecule has 0 spiro atoms. The van der Waals surface area contributed by atoms with Gasteiger partial charge in [-0.25, -0.2) is 4.79 Å². The standard InChI is InChI=1S/C13H19NO2/c1-5-16-12(15)14-11-8-6-10(7-9-11)13(2,3)4/h6-9H,5H2,1-4H3,(H,14,15). The molecule has 1 amide bonds. The Bertz CT molecular complexity index is 349. The van der Waals surface area contributed by atoms with Gasteiger partial charge in [0.2, 0.25) is 0 Å². The van der Waals surface area contributed by atoms with Gasteiger partial charge < -0.3 is 4.74 Å². The third-order valence-corrected chi connectivity index (χ3v) is 2.27. The molecule has 0 bridgehead atoms. The molecular formula is C13H19NO2. The van der Waals surface area contributed by atoms with Gasteiger partial charge >= 0.3 is 6.09 Å². The number of benzene rings is 1. The van der Waals surface area contributed by atoms with Crippen molar-refractivity contribution < 1.29 is 9.53 Å². The summed E-state index contributed by atoms with van der Waals surface area (Å²) in [6.07, 6.45) is -0.411. The summed E-state index contributed by atoms with van der Waals surface area (Å²) in [5, 5.41) is 2.66. The van der Waals surface area contributed by atoms with Gasteiger partial charge in [0.15, 0.2) is 0 Å². The molecule has 1 aromatic rings. The Morgan fingerprint density at radius 3 is 2.25 bits per heavy atom. The van der Waals surface area contributed by atoms with E-state index < -0.39 is 6.09 Å². The van der Waals surface area contributed by atoms with Crippen molar-refractivity contribution in [1.82, 2.24) is 0 Å². The first kappa shape index (κ1) is 12.6. The van der Waals surface area contributed by atoms with Crippen LogP contribution in [0, 0.1) is 0 Å². The summed E-state index contributed by atoms with van der Waals surface area (Å²) < 4.78 is 4.79. The van der Waals surface area contributed by atoms with Crippen LogP contribution in [0.3, 0.4) is 0 Å². The van der Waals surface area contributed by atoms with Crippen molar-refractivity contribution in [2.45, 2.75) is 33.1 Å². The molecule has 0 aliphatic rings. The Morgan fingerprint density at radius 1 is 1.25 bits per heavy atom. The van der Waals surface area contributed by atoms with Gasteiger partial charge in [0.05, 0.1) is 6.61 Å². The Morgan fingerprint density at radius 2 is 1.81 bits per heavy atom. The van der Waals surface area contributed by atoms with Gasteiger partial charge in [-0.15, -0.1) is 0 Å². The summed E-state index contributed by atoms with van der Waals surface area (Å²) >= 11 is 0. The molecule has 0 radical (unpaired) electrons. The Balaban J connectivity index is 2.69. The summed E-state index contributed by atoms with van der Waals surface area (Å²) in [7, 11) is 0. The highest BCUT2D eigenvalue weighted by atomic mass is 16.5. The van der Waals surface area contributed by atoms with Crippen molar-refractivity contribution in [2.75, 3.05) is 11.9 Å². The largest absolute Gasteiger partial charge is 0.450 e. The lowest BCUT2D eigenvalue weighted by atomic mass is 9.87. The zero-order valence-electron chi connectivity index (χ0n) is 10.3. The Labute approximate surface area is 96.8 Å². The number of hydrogen-bond donors (Lipinski definition) is 1. The normalized spacial score (nSPS) is 11.0. The molecule has 0 aromatic heterocycles. The van der Waals surface area contributed by atoms with Crippen molar-refractivity contribution in [3.8, 4) is 0 Å². The van der Waals surface area contributed by atoms with Crippen LogP contribution in [-0.4, -0.2) is 12.7 Å².